The van der Waals surface area contributed by atoms with E-state index >= 15 is 0 Å². The second-order valence-electron chi connectivity index (χ2n) is 8.30. The molecule has 0 bridgehead atoms. The first-order chi connectivity index (χ1) is 16.3. The van der Waals surface area contributed by atoms with Crippen molar-refractivity contribution in [1.29, 1.82) is 0 Å². The molecule has 4 rings (SSSR count). The maximum absolute atomic E-state index is 13.4. The monoisotopic (exact) mass is 474 g/mol. The van der Waals surface area contributed by atoms with E-state index in [1.807, 2.05) is 57.2 Å². The Kier molecular flexibility index (Phi) is 6.61. The highest BCUT2D eigenvalue weighted by Crippen LogP contribution is 2.28. The molecule has 8 heteroatoms. The lowest BCUT2D eigenvalue weighted by Gasteiger charge is -2.18. The number of aromatic nitrogens is 2. The van der Waals surface area contributed by atoms with Gasteiger partial charge in [0.25, 0.3) is 11.5 Å². The maximum Gasteiger partial charge on any atom is 0.266 e. The lowest BCUT2D eigenvalue weighted by atomic mass is 10.1. The Morgan fingerprint density at radius 3 is 2.32 bits per heavy atom. The van der Waals surface area contributed by atoms with Gasteiger partial charge in [-0.1, -0.05) is 31.2 Å². The first kappa shape index (κ1) is 23.4. The van der Waals surface area contributed by atoms with Gasteiger partial charge in [-0.25, -0.2) is 4.98 Å². The van der Waals surface area contributed by atoms with Crippen LogP contribution in [0.4, 0.5) is 11.4 Å². The van der Waals surface area contributed by atoms with E-state index in [-0.39, 0.29) is 17.4 Å². The summed E-state index contributed by atoms with van der Waals surface area (Å²) in [7, 11) is 0. The summed E-state index contributed by atoms with van der Waals surface area (Å²) in [6, 6.07) is 14.2. The molecule has 4 aromatic rings. The molecule has 0 spiro atoms. The zero-order valence-corrected chi connectivity index (χ0v) is 20.3. The summed E-state index contributed by atoms with van der Waals surface area (Å²) in [6.45, 7) is 7.52. The summed E-state index contributed by atoms with van der Waals surface area (Å²) in [5.74, 6) is -0.581. The Bertz CT molecular complexity index is 1420. The Labute approximate surface area is 201 Å². The second kappa shape index (κ2) is 9.61. The van der Waals surface area contributed by atoms with Crippen LogP contribution in [-0.2, 0) is 4.79 Å². The zero-order valence-electron chi connectivity index (χ0n) is 19.5. The van der Waals surface area contributed by atoms with Gasteiger partial charge in [-0.3, -0.25) is 19.0 Å². The van der Waals surface area contributed by atoms with Gasteiger partial charge in [-0.2, -0.15) is 0 Å². The number of hydrogen-bond donors (Lipinski definition) is 2. The fourth-order valence-corrected chi connectivity index (χ4v) is 5.10. The summed E-state index contributed by atoms with van der Waals surface area (Å²) in [4.78, 5) is 44.7. The van der Waals surface area contributed by atoms with E-state index in [1.54, 1.807) is 19.1 Å². The molecule has 2 aromatic heterocycles. The maximum atomic E-state index is 13.4. The molecule has 2 heterocycles. The van der Waals surface area contributed by atoms with Crippen molar-refractivity contribution < 1.29 is 9.59 Å². The summed E-state index contributed by atoms with van der Waals surface area (Å²) in [5.41, 5.74) is 3.67. The molecule has 0 aliphatic carbocycles. The Morgan fingerprint density at radius 1 is 1.00 bits per heavy atom. The molecule has 0 radical (unpaired) electrons. The molecular formula is C26H26N4O3S. The van der Waals surface area contributed by atoms with Crippen molar-refractivity contribution in [2.24, 2.45) is 0 Å². The van der Waals surface area contributed by atoms with Gasteiger partial charge < -0.3 is 10.6 Å². The number of amides is 2. The molecule has 2 amide bonds. The number of para-hydroxylation sites is 1. The van der Waals surface area contributed by atoms with Gasteiger partial charge in [0.2, 0.25) is 5.91 Å². The van der Waals surface area contributed by atoms with Crippen LogP contribution in [0.3, 0.4) is 0 Å². The number of hydrogen-bond acceptors (Lipinski definition) is 5. The Hall–Kier alpha value is -3.78. The molecule has 0 saturated heterocycles. The third-order valence-corrected chi connectivity index (χ3v) is 6.83. The van der Waals surface area contributed by atoms with E-state index < -0.39 is 6.04 Å². The molecule has 0 saturated carbocycles. The first-order valence-electron chi connectivity index (χ1n) is 11.0. The van der Waals surface area contributed by atoms with Gasteiger partial charge in [0.05, 0.1) is 16.6 Å². The SMILES string of the molecule is CCC(C(=O)Nc1cc(C)cc(C)c1)n1cnc2sc(C(=O)Nc3ccccc3)c(C)c2c1=O. The highest BCUT2D eigenvalue weighted by molar-refractivity contribution is 7.20. The van der Waals surface area contributed by atoms with Crippen molar-refractivity contribution in [2.45, 2.75) is 40.2 Å². The van der Waals surface area contributed by atoms with Crippen molar-refractivity contribution in [2.75, 3.05) is 10.6 Å². The van der Waals surface area contributed by atoms with E-state index in [2.05, 4.69) is 15.6 Å². The van der Waals surface area contributed by atoms with Gasteiger partial charge in [-0.05, 0) is 68.1 Å². The molecule has 174 valence electrons. The van der Waals surface area contributed by atoms with Gasteiger partial charge in [0.1, 0.15) is 10.9 Å². The lowest BCUT2D eigenvalue weighted by Crippen LogP contribution is -2.33. The molecule has 0 aliphatic heterocycles. The molecule has 2 N–H and O–H groups in total. The molecule has 1 unspecified atom stereocenters. The van der Waals surface area contributed by atoms with Gasteiger partial charge >= 0.3 is 0 Å². The normalized spacial score (nSPS) is 11.9. The molecule has 7 nitrogen and oxygen atoms in total. The number of carbonyl (C=O) groups excluding carboxylic acids is 2. The van der Waals surface area contributed by atoms with E-state index in [0.717, 1.165) is 11.1 Å². The van der Waals surface area contributed by atoms with Crippen molar-refractivity contribution >= 4 is 44.7 Å². The van der Waals surface area contributed by atoms with E-state index in [1.165, 1.54) is 22.2 Å². The number of nitrogens with one attached hydrogen (secondary N) is 2. The second-order valence-corrected chi connectivity index (χ2v) is 9.30. The van der Waals surface area contributed by atoms with Crippen molar-refractivity contribution in [3.63, 3.8) is 0 Å². The van der Waals surface area contributed by atoms with Crippen molar-refractivity contribution in [3.05, 3.63) is 86.8 Å². The van der Waals surface area contributed by atoms with E-state index in [4.69, 9.17) is 0 Å². The summed E-state index contributed by atoms with van der Waals surface area (Å²) < 4.78 is 1.36. The third kappa shape index (κ3) is 4.63. The minimum atomic E-state index is -0.730. The Balaban J connectivity index is 1.66. The predicted molar refractivity (Wildman–Crippen MR) is 137 cm³/mol. The van der Waals surface area contributed by atoms with Crippen molar-refractivity contribution in [3.8, 4) is 0 Å². The molecule has 0 aliphatic rings. The summed E-state index contributed by atoms with van der Waals surface area (Å²) >= 11 is 1.17. The number of anilines is 2. The standard InChI is InChI=1S/C26H26N4O3S/c1-5-20(23(31)29-19-12-15(2)11-16(3)13-19)30-14-27-25-21(26(30)33)17(4)22(34-25)24(32)28-18-9-7-6-8-10-18/h6-14,20H,5H2,1-4H3,(H,28,32)(H,29,31). The molecular weight excluding hydrogens is 448 g/mol. The van der Waals surface area contributed by atoms with Crippen LogP contribution in [0.1, 0.15) is 45.7 Å². The summed E-state index contributed by atoms with van der Waals surface area (Å²) in [5, 5.41) is 6.14. The molecule has 34 heavy (non-hydrogen) atoms. The van der Waals surface area contributed by atoms with E-state index in [0.29, 0.717) is 38.5 Å². The number of aryl methyl sites for hydroxylation is 3. The smallest absolute Gasteiger partial charge is 0.266 e. The minimum absolute atomic E-state index is 0.286. The van der Waals surface area contributed by atoms with E-state index in [9.17, 15) is 14.4 Å². The molecule has 1 atom stereocenters. The fraction of sp³-hybridized carbons (Fsp3) is 0.231. The van der Waals surface area contributed by atoms with Crippen LogP contribution < -0.4 is 16.2 Å². The van der Waals surface area contributed by atoms with Gasteiger partial charge in [0, 0.05) is 11.4 Å². The molecule has 0 fully saturated rings. The van der Waals surface area contributed by atoms with Gasteiger partial charge in [0.15, 0.2) is 0 Å². The average molecular weight is 475 g/mol. The predicted octanol–water partition coefficient (Wildman–Crippen LogP) is 5.23. The zero-order chi connectivity index (χ0) is 24.4. The Morgan fingerprint density at radius 2 is 1.68 bits per heavy atom. The number of nitrogens with zero attached hydrogens (tertiary/aromatic N) is 2. The number of thiophene rings is 1. The average Bonchev–Trinajstić information content (AvgIpc) is 3.13. The quantitative estimate of drug-likeness (QED) is 0.400. The largest absolute Gasteiger partial charge is 0.324 e. The van der Waals surface area contributed by atoms with Crippen LogP contribution in [-0.4, -0.2) is 21.4 Å². The van der Waals surface area contributed by atoms with Crippen LogP contribution >= 0.6 is 11.3 Å². The molecule has 2 aromatic carbocycles. The van der Waals surface area contributed by atoms with Crippen LogP contribution in [0, 0.1) is 20.8 Å². The topological polar surface area (TPSA) is 93.1 Å². The summed E-state index contributed by atoms with van der Waals surface area (Å²) in [6.07, 6.45) is 1.81. The third-order valence-electron chi connectivity index (χ3n) is 5.63. The lowest BCUT2D eigenvalue weighted by molar-refractivity contribution is -0.119. The van der Waals surface area contributed by atoms with Gasteiger partial charge in [-0.15, -0.1) is 11.3 Å². The number of fused-ring (bicyclic) bond motifs is 1. The van der Waals surface area contributed by atoms with Crippen LogP contribution in [0.5, 0.6) is 0 Å². The highest BCUT2D eigenvalue weighted by atomic mass is 32.1. The minimum Gasteiger partial charge on any atom is -0.324 e. The fourth-order valence-electron chi connectivity index (χ4n) is 4.07. The van der Waals surface area contributed by atoms with Crippen LogP contribution in [0.15, 0.2) is 59.7 Å². The van der Waals surface area contributed by atoms with Crippen molar-refractivity contribution in [1.82, 2.24) is 9.55 Å². The highest BCUT2D eigenvalue weighted by Gasteiger charge is 2.24. The number of carbonyl (C=O) groups is 2. The first-order valence-corrected chi connectivity index (χ1v) is 11.9. The van der Waals surface area contributed by atoms with Crippen LogP contribution in [0.2, 0.25) is 0 Å². The number of benzene rings is 2. The number of rotatable bonds is 6. The van der Waals surface area contributed by atoms with Crippen LogP contribution in [0.25, 0.3) is 10.2 Å².